The van der Waals surface area contributed by atoms with Crippen LogP contribution in [-0.4, -0.2) is 0 Å². The molecule has 0 unspecified atom stereocenters. The van der Waals surface area contributed by atoms with Crippen LogP contribution in [0.2, 0.25) is 0 Å². The fourth-order valence-corrected chi connectivity index (χ4v) is 7.88. The summed E-state index contributed by atoms with van der Waals surface area (Å²) >= 11 is 1.82. The standard InChI is InChI=1S/C39H27NO2S/c1-39(2)28-13-5-3-12-26(28)27-22-35-36(23-29(27)39)41-33-20-19-24(21-34(33)42-35)25-11-4-6-14-30(25)40-31-15-7-9-17-37(31)43-38-18-10-8-16-32(38)40/h3-23H,1-2H3. The summed E-state index contributed by atoms with van der Waals surface area (Å²) in [5.74, 6) is 2.96. The molecule has 0 radical (unpaired) electrons. The molecule has 0 N–H and O–H groups in total. The Morgan fingerprint density at radius 2 is 1.07 bits per heavy atom. The van der Waals surface area contributed by atoms with Crippen LogP contribution in [0.1, 0.15) is 25.0 Å². The van der Waals surface area contributed by atoms with Crippen LogP contribution in [0.3, 0.4) is 0 Å². The van der Waals surface area contributed by atoms with Gasteiger partial charge in [0.25, 0.3) is 0 Å². The van der Waals surface area contributed by atoms with Crippen LogP contribution in [0.25, 0.3) is 22.3 Å². The van der Waals surface area contributed by atoms with Crippen LogP contribution in [-0.2, 0) is 5.41 Å². The molecule has 4 heteroatoms. The number of anilines is 3. The van der Waals surface area contributed by atoms with Crippen molar-refractivity contribution in [2.24, 2.45) is 0 Å². The first kappa shape index (κ1) is 24.6. The van der Waals surface area contributed by atoms with Gasteiger partial charge in [-0.2, -0.15) is 0 Å². The zero-order valence-corrected chi connectivity index (χ0v) is 24.6. The van der Waals surface area contributed by atoms with Gasteiger partial charge in [0.1, 0.15) is 0 Å². The molecule has 0 saturated heterocycles. The van der Waals surface area contributed by atoms with Crippen LogP contribution in [0.4, 0.5) is 17.1 Å². The van der Waals surface area contributed by atoms with Gasteiger partial charge in [0.15, 0.2) is 23.0 Å². The summed E-state index contributed by atoms with van der Waals surface area (Å²) in [6.45, 7) is 4.56. The highest BCUT2D eigenvalue weighted by molar-refractivity contribution is 7.99. The minimum atomic E-state index is -0.0949. The van der Waals surface area contributed by atoms with E-state index in [0.717, 1.165) is 39.8 Å². The largest absolute Gasteiger partial charge is 0.450 e. The summed E-state index contributed by atoms with van der Waals surface area (Å²) in [7, 11) is 0. The monoisotopic (exact) mass is 573 g/mol. The minimum Gasteiger partial charge on any atom is -0.450 e. The number of ether oxygens (including phenoxy) is 2. The van der Waals surface area contributed by atoms with Gasteiger partial charge in [0, 0.05) is 20.8 Å². The zero-order chi connectivity index (χ0) is 28.7. The van der Waals surface area contributed by atoms with Crippen molar-refractivity contribution in [3.05, 3.63) is 139 Å². The third-order valence-corrected chi connectivity index (χ3v) is 10.0. The number of para-hydroxylation sites is 3. The van der Waals surface area contributed by atoms with Gasteiger partial charge in [-0.1, -0.05) is 98.4 Å². The Balaban J connectivity index is 1.14. The molecule has 43 heavy (non-hydrogen) atoms. The maximum Gasteiger partial charge on any atom is 0.170 e. The zero-order valence-electron chi connectivity index (χ0n) is 23.8. The molecular weight excluding hydrogens is 547 g/mol. The van der Waals surface area contributed by atoms with Gasteiger partial charge in [-0.05, 0) is 82.4 Å². The van der Waals surface area contributed by atoms with Crippen molar-refractivity contribution < 1.29 is 9.47 Å². The number of nitrogens with zero attached hydrogens (tertiary/aromatic N) is 1. The van der Waals surface area contributed by atoms with Crippen molar-refractivity contribution in [1.82, 2.24) is 0 Å². The second kappa shape index (κ2) is 9.03. The molecule has 6 aromatic rings. The third-order valence-electron chi connectivity index (χ3n) is 8.92. The molecule has 0 fully saturated rings. The van der Waals surface area contributed by atoms with Crippen LogP contribution in [0.15, 0.2) is 137 Å². The molecule has 3 aliphatic rings. The maximum absolute atomic E-state index is 6.60. The first-order valence-corrected chi connectivity index (χ1v) is 15.4. The summed E-state index contributed by atoms with van der Waals surface area (Å²) in [5, 5.41) is 0. The molecule has 2 heterocycles. The number of fused-ring (bicyclic) bond motifs is 7. The lowest BCUT2D eigenvalue weighted by atomic mass is 9.82. The Hall–Kier alpha value is -4.93. The van der Waals surface area contributed by atoms with E-state index in [9.17, 15) is 0 Å². The summed E-state index contributed by atoms with van der Waals surface area (Å²) in [6.07, 6.45) is 0. The van der Waals surface area contributed by atoms with Gasteiger partial charge >= 0.3 is 0 Å². The van der Waals surface area contributed by atoms with E-state index < -0.39 is 0 Å². The number of rotatable bonds is 2. The smallest absolute Gasteiger partial charge is 0.170 e. The highest BCUT2D eigenvalue weighted by Crippen LogP contribution is 2.56. The predicted molar refractivity (Wildman–Crippen MR) is 175 cm³/mol. The summed E-state index contributed by atoms with van der Waals surface area (Å²) in [4.78, 5) is 4.87. The first-order valence-electron chi connectivity index (χ1n) is 14.6. The molecule has 9 rings (SSSR count). The van der Waals surface area contributed by atoms with Crippen molar-refractivity contribution in [3.8, 4) is 45.3 Å². The summed E-state index contributed by atoms with van der Waals surface area (Å²) in [5.41, 5.74) is 10.7. The van der Waals surface area contributed by atoms with Crippen LogP contribution in [0.5, 0.6) is 23.0 Å². The van der Waals surface area contributed by atoms with Crippen molar-refractivity contribution >= 4 is 28.8 Å². The average Bonchev–Trinajstić information content (AvgIpc) is 3.26. The summed E-state index contributed by atoms with van der Waals surface area (Å²) in [6, 6.07) is 45.1. The van der Waals surface area contributed by atoms with E-state index in [-0.39, 0.29) is 5.41 Å². The molecule has 0 aromatic heterocycles. The van der Waals surface area contributed by atoms with Gasteiger partial charge in [0.05, 0.1) is 17.1 Å². The van der Waals surface area contributed by atoms with Crippen molar-refractivity contribution in [2.75, 3.05) is 4.90 Å². The maximum atomic E-state index is 6.60. The molecule has 2 aliphatic heterocycles. The van der Waals surface area contributed by atoms with E-state index in [2.05, 4.69) is 140 Å². The van der Waals surface area contributed by atoms with Crippen LogP contribution < -0.4 is 14.4 Å². The molecule has 0 saturated carbocycles. The lowest BCUT2D eigenvalue weighted by molar-refractivity contribution is 0.359. The predicted octanol–water partition coefficient (Wildman–Crippen LogP) is 11.5. The molecule has 1 aliphatic carbocycles. The fraction of sp³-hybridized carbons (Fsp3) is 0.0769. The normalized spacial score (nSPS) is 14.7. The molecule has 6 aromatic carbocycles. The minimum absolute atomic E-state index is 0.0949. The second-order valence-corrected chi connectivity index (χ2v) is 12.9. The Kier molecular flexibility index (Phi) is 5.18. The van der Waals surface area contributed by atoms with Crippen molar-refractivity contribution in [2.45, 2.75) is 29.1 Å². The average molecular weight is 574 g/mol. The van der Waals surface area contributed by atoms with Crippen molar-refractivity contribution in [3.63, 3.8) is 0 Å². The van der Waals surface area contributed by atoms with E-state index >= 15 is 0 Å². The highest BCUT2D eigenvalue weighted by atomic mass is 32.2. The van der Waals surface area contributed by atoms with E-state index in [1.807, 2.05) is 17.8 Å². The van der Waals surface area contributed by atoms with Gasteiger partial charge in [-0.25, -0.2) is 0 Å². The quantitative estimate of drug-likeness (QED) is 0.205. The Labute approximate surface area is 255 Å². The number of benzene rings is 6. The Morgan fingerprint density at radius 1 is 0.488 bits per heavy atom. The summed E-state index contributed by atoms with van der Waals surface area (Å²) < 4.78 is 13.1. The fourth-order valence-electron chi connectivity index (χ4n) is 6.82. The van der Waals surface area contributed by atoms with E-state index in [4.69, 9.17) is 9.47 Å². The third kappa shape index (κ3) is 3.63. The van der Waals surface area contributed by atoms with E-state index in [0.29, 0.717) is 0 Å². The SMILES string of the molecule is CC1(C)c2ccccc2-c2cc3c(cc21)Oc1ccc(-c2ccccc2N2c4ccccc4Sc4ccccc42)cc1O3. The molecule has 206 valence electrons. The Morgan fingerprint density at radius 3 is 1.84 bits per heavy atom. The molecule has 3 nitrogen and oxygen atoms in total. The van der Waals surface area contributed by atoms with Crippen LogP contribution >= 0.6 is 11.8 Å². The van der Waals surface area contributed by atoms with Gasteiger partial charge in [-0.15, -0.1) is 0 Å². The van der Waals surface area contributed by atoms with E-state index in [1.54, 1.807) is 0 Å². The second-order valence-electron chi connectivity index (χ2n) is 11.8. The van der Waals surface area contributed by atoms with Gasteiger partial charge in [-0.3, -0.25) is 0 Å². The molecule has 0 amide bonds. The lowest BCUT2D eigenvalue weighted by Crippen LogP contribution is -2.15. The first-order chi connectivity index (χ1) is 21.1. The molecule has 0 spiro atoms. The lowest BCUT2D eigenvalue weighted by Gasteiger charge is -2.34. The molecular formula is C39H27NO2S. The number of hydrogen-bond donors (Lipinski definition) is 0. The molecule has 0 bridgehead atoms. The highest BCUT2D eigenvalue weighted by Gasteiger charge is 2.37. The van der Waals surface area contributed by atoms with Crippen LogP contribution in [0, 0.1) is 0 Å². The van der Waals surface area contributed by atoms with E-state index in [1.165, 1.54) is 43.4 Å². The van der Waals surface area contributed by atoms with Crippen molar-refractivity contribution in [1.29, 1.82) is 0 Å². The topological polar surface area (TPSA) is 21.7 Å². The van der Waals surface area contributed by atoms with Gasteiger partial charge < -0.3 is 14.4 Å². The Bertz CT molecular complexity index is 2070. The number of hydrogen-bond acceptors (Lipinski definition) is 4. The molecule has 0 atom stereocenters. The van der Waals surface area contributed by atoms with Gasteiger partial charge in [0.2, 0.25) is 0 Å².